The van der Waals surface area contributed by atoms with Crippen LogP contribution in [0.1, 0.15) is 50.6 Å². The topological polar surface area (TPSA) is 77.3 Å². The summed E-state index contributed by atoms with van der Waals surface area (Å²) >= 11 is 0. The van der Waals surface area contributed by atoms with Gasteiger partial charge in [-0.2, -0.15) is 18.3 Å². The predicted octanol–water partition coefficient (Wildman–Crippen LogP) is 5.20. The Labute approximate surface area is 212 Å². The van der Waals surface area contributed by atoms with Gasteiger partial charge < -0.3 is 19.7 Å². The standard InChI is InChI=1S/C25H30F4N6O2/c1-3-30-21-12-20-18(13-32-21)23(34-11-9-17(14-34)36-2)33-35(20)15-4-6-16(7-5-15)37-24-22(26)19(8-10-31-24)25(27,28)29/h8,10,12-13,15-17H,3-7,9,11,14H2,1-2H3,(H,30,32)/t15?,16?,17-/m0/s1. The van der Waals surface area contributed by atoms with Gasteiger partial charge in [0.05, 0.1) is 28.6 Å². The summed E-state index contributed by atoms with van der Waals surface area (Å²) in [6.45, 7) is 4.35. The zero-order chi connectivity index (χ0) is 26.2. The Morgan fingerprint density at radius 2 is 1.89 bits per heavy atom. The van der Waals surface area contributed by atoms with Crippen molar-refractivity contribution < 1.29 is 27.0 Å². The number of nitrogens with zero attached hydrogens (tertiary/aromatic N) is 5. The molecular weight excluding hydrogens is 492 g/mol. The van der Waals surface area contributed by atoms with Gasteiger partial charge >= 0.3 is 6.18 Å². The maximum absolute atomic E-state index is 14.4. The van der Waals surface area contributed by atoms with E-state index in [1.54, 1.807) is 7.11 Å². The van der Waals surface area contributed by atoms with Crippen molar-refractivity contribution in [3.63, 3.8) is 0 Å². The van der Waals surface area contributed by atoms with E-state index >= 15 is 0 Å². The number of anilines is 2. The minimum Gasteiger partial charge on any atom is -0.472 e. The number of methoxy groups -OCH3 is 1. The Balaban J connectivity index is 1.35. The molecule has 0 amide bonds. The van der Waals surface area contributed by atoms with Crippen LogP contribution in [0.25, 0.3) is 10.9 Å². The first-order chi connectivity index (χ1) is 17.8. The van der Waals surface area contributed by atoms with E-state index in [2.05, 4.69) is 20.2 Å². The van der Waals surface area contributed by atoms with E-state index in [0.29, 0.717) is 31.7 Å². The largest absolute Gasteiger partial charge is 0.472 e. The molecule has 8 nitrogen and oxygen atoms in total. The van der Waals surface area contributed by atoms with Crippen LogP contribution in [0.2, 0.25) is 0 Å². The molecule has 5 rings (SSSR count). The maximum Gasteiger partial charge on any atom is 0.419 e. The van der Waals surface area contributed by atoms with Crippen molar-refractivity contribution in [1.82, 2.24) is 19.7 Å². The number of hydrogen-bond acceptors (Lipinski definition) is 7. The number of nitrogens with one attached hydrogen (secondary N) is 1. The van der Waals surface area contributed by atoms with Gasteiger partial charge in [-0.15, -0.1) is 0 Å². The van der Waals surface area contributed by atoms with E-state index in [0.717, 1.165) is 54.8 Å². The first-order valence-corrected chi connectivity index (χ1v) is 12.6. The van der Waals surface area contributed by atoms with Crippen LogP contribution in [0.5, 0.6) is 5.88 Å². The second-order valence-electron chi connectivity index (χ2n) is 9.50. The molecule has 3 aromatic heterocycles. The molecule has 0 radical (unpaired) electrons. The normalized spacial score (nSPS) is 22.5. The van der Waals surface area contributed by atoms with E-state index in [4.69, 9.17) is 14.6 Å². The molecule has 200 valence electrons. The van der Waals surface area contributed by atoms with Crippen molar-refractivity contribution in [3.8, 4) is 5.88 Å². The molecule has 1 aliphatic heterocycles. The second-order valence-corrected chi connectivity index (χ2v) is 9.50. The van der Waals surface area contributed by atoms with Gasteiger partial charge in [-0.05, 0) is 45.1 Å². The van der Waals surface area contributed by atoms with E-state index in [1.807, 2.05) is 23.9 Å². The highest BCUT2D eigenvalue weighted by molar-refractivity contribution is 5.91. The van der Waals surface area contributed by atoms with Crippen LogP contribution in [0.3, 0.4) is 0 Å². The maximum atomic E-state index is 14.4. The molecule has 0 aromatic carbocycles. The highest BCUT2D eigenvalue weighted by Gasteiger charge is 2.37. The summed E-state index contributed by atoms with van der Waals surface area (Å²) in [4.78, 5) is 10.5. The number of rotatable bonds is 7. The van der Waals surface area contributed by atoms with E-state index in [-0.39, 0.29) is 12.1 Å². The SMILES string of the molecule is CCNc1cc2c(cn1)c(N1CC[C@H](OC)C1)nn2C1CCC(Oc2nccc(C(F)(F)F)c2F)CC1. The minimum atomic E-state index is -4.80. The summed E-state index contributed by atoms with van der Waals surface area (Å²) in [7, 11) is 1.72. The fourth-order valence-electron chi connectivity index (χ4n) is 5.21. The molecule has 2 fully saturated rings. The van der Waals surface area contributed by atoms with E-state index < -0.39 is 29.5 Å². The summed E-state index contributed by atoms with van der Waals surface area (Å²) in [5.41, 5.74) is -0.402. The van der Waals surface area contributed by atoms with Crippen LogP contribution in [0.4, 0.5) is 29.2 Å². The smallest absolute Gasteiger partial charge is 0.419 e. The van der Waals surface area contributed by atoms with Gasteiger partial charge in [0, 0.05) is 45.2 Å². The van der Waals surface area contributed by atoms with Crippen molar-refractivity contribution in [2.75, 3.05) is 37.0 Å². The minimum absolute atomic E-state index is 0.0631. The van der Waals surface area contributed by atoms with Crippen molar-refractivity contribution in [2.24, 2.45) is 0 Å². The van der Waals surface area contributed by atoms with Crippen molar-refractivity contribution in [3.05, 3.63) is 35.9 Å². The van der Waals surface area contributed by atoms with E-state index in [9.17, 15) is 17.6 Å². The van der Waals surface area contributed by atoms with Gasteiger partial charge in [0.15, 0.2) is 11.6 Å². The number of alkyl halides is 3. The lowest BCUT2D eigenvalue weighted by Gasteiger charge is -2.29. The lowest BCUT2D eigenvalue weighted by molar-refractivity contribution is -0.140. The first-order valence-electron chi connectivity index (χ1n) is 12.6. The lowest BCUT2D eigenvalue weighted by atomic mass is 9.93. The van der Waals surface area contributed by atoms with Crippen molar-refractivity contribution in [1.29, 1.82) is 0 Å². The molecule has 0 unspecified atom stereocenters. The highest BCUT2D eigenvalue weighted by Crippen LogP contribution is 2.38. The third-order valence-corrected chi connectivity index (χ3v) is 7.14. The molecule has 4 heterocycles. The molecule has 0 spiro atoms. The van der Waals surface area contributed by atoms with Gasteiger partial charge in [-0.25, -0.2) is 14.4 Å². The Morgan fingerprint density at radius 1 is 1.11 bits per heavy atom. The van der Waals surface area contributed by atoms with Crippen LogP contribution in [0.15, 0.2) is 24.5 Å². The second kappa shape index (κ2) is 10.3. The average molecular weight is 523 g/mol. The number of fused-ring (bicyclic) bond motifs is 1. The van der Waals surface area contributed by atoms with Crippen molar-refractivity contribution >= 4 is 22.5 Å². The summed E-state index contributed by atoms with van der Waals surface area (Å²) in [5, 5.41) is 9.22. The molecule has 1 aliphatic carbocycles. The van der Waals surface area contributed by atoms with Crippen LogP contribution in [-0.4, -0.2) is 58.7 Å². The first kappa shape index (κ1) is 25.5. The summed E-state index contributed by atoms with van der Waals surface area (Å²) in [6, 6.07) is 2.68. The number of ether oxygens (including phenoxy) is 2. The molecule has 1 saturated carbocycles. The lowest BCUT2D eigenvalue weighted by Crippen LogP contribution is -2.27. The van der Waals surface area contributed by atoms with Gasteiger partial charge in [0.2, 0.25) is 0 Å². The molecule has 3 aromatic rings. The quantitative estimate of drug-likeness (QED) is 0.427. The Bertz CT molecular complexity index is 1240. The fraction of sp³-hybridized carbons (Fsp3) is 0.560. The van der Waals surface area contributed by atoms with Gasteiger partial charge in [0.25, 0.3) is 5.88 Å². The average Bonchev–Trinajstić information content (AvgIpc) is 3.50. The van der Waals surface area contributed by atoms with Crippen LogP contribution >= 0.6 is 0 Å². The molecule has 1 atom stereocenters. The van der Waals surface area contributed by atoms with E-state index in [1.165, 1.54) is 0 Å². The monoisotopic (exact) mass is 522 g/mol. The fourth-order valence-corrected chi connectivity index (χ4v) is 5.21. The zero-order valence-electron chi connectivity index (χ0n) is 20.8. The molecule has 1 N–H and O–H groups in total. The summed E-state index contributed by atoms with van der Waals surface area (Å²) in [5.74, 6) is -0.433. The molecule has 37 heavy (non-hydrogen) atoms. The van der Waals surface area contributed by atoms with Gasteiger partial charge in [-0.3, -0.25) is 4.68 Å². The Hall–Kier alpha value is -3.15. The van der Waals surface area contributed by atoms with Gasteiger partial charge in [-0.1, -0.05) is 0 Å². The predicted molar refractivity (Wildman–Crippen MR) is 130 cm³/mol. The molecule has 0 bridgehead atoms. The highest BCUT2D eigenvalue weighted by atomic mass is 19.4. The molecule has 2 aliphatic rings. The number of pyridine rings is 2. The van der Waals surface area contributed by atoms with Crippen LogP contribution in [-0.2, 0) is 10.9 Å². The Kier molecular flexibility index (Phi) is 7.11. The van der Waals surface area contributed by atoms with Gasteiger partial charge in [0.1, 0.15) is 11.9 Å². The van der Waals surface area contributed by atoms with Crippen LogP contribution < -0.4 is 15.0 Å². The molecule has 1 saturated heterocycles. The van der Waals surface area contributed by atoms with Crippen LogP contribution in [0, 0.1) is 5.82 Å². The summed E-state index contributed by atoms with van der Waals surface area (Å²) < 4.78 is 66.7. The molecular formula is C25H30F4N6O2. The zero-order valence-corrected chi connectivity index (χ0v) is 20.8. The number of aromatic nitrogens is 4. The third-order valence-electron chi connectivity index (χ3n) is 7.14. The molecule has 12 heteroatoms. The third kappa shape index (κ3) is 5.16. The Morgan fingerprint density at radius 3 is 2.57 bits per heavy atom. The summed E-state index contributed by atoms with van der Waals surface area (Å²) in [6.07, 6.45) is 1.07. The number of hydrogen-bond donors (Lipinski definition) is 1. The van der Waals surface area contributed by atoms with Crippen molar-refractivity contribution in [2.45, 2.75) is 63.5 Å². The number of halogens is 4.